The lowest BCUT2D eigenvalue weighted by Crippen LogP contribution is -2.54. The fraction of sp³-hybridized carbons (Fsp3) is 0.500. The van der Waals surface area contributed by atoms with Gasteiger partial charge in [0.2, 0.25) is 0 Å². The van der Waals surface area contributed by atoms with Crippen molar-refractivity contribution in [2.24, 2.45) is 0 Å². The van der Waals surface area contributed by atoms with Crippen LogP contribution >= 0.6 is 0 Å². The molecule has 0 amide bonds. The van der Waals surface area contributed by atoms with Crippen LogP contribution in [-0.4, -0.2) is 37.5 Å². The summed E-state index contributed by atoms with van der Waals surface area (Å²) in [5.41, 5.74) is 0.572. The van der Waals surface area contributed by atoms with E-state index in [-0.39, 0.29) is 11.8 Å². The van der Waals surface area contributed by atoms with E-state index in [0.717, 1.165) is 13.1 Å². The van der Waals surface area contributed by atoms with Crippen LogP contribution in [0.3, 0.4) is 0 Å². The molecule has 1 aromatic rings. The van der Waals surface area contributed by atoms with E-state index >= 15 is 0 Å². The van der Waals surface area contributed by atoms with Gasteiger partial charge in [-0.3, -0.25) is 4.79 Å². The third kappa shape index (κ3) is 3.24. The van der Waals surface area contributed by atoms with Gasteiger partial charge in [0.15, 0.2) is 5.78 Å². The van der Waals surface area contributed by atoms with Crippen molar-refractivity contribution in [3.63, 3.8) is 0 Å². The molecule has 5 nitrogen and oxygen atoms in total. The fourth-order valence-corrected chi connectivity index (χ4v) is 2.71. The van der Waals surface area contributed by atoms with Crippen molar-refractivity contribution in [3.8, 4) is 0 Å². The molecule has 0 saturated carbocycles. The van der Waals surface area contributed by atoms with Crippen LogP contribution in [0.25, 0.3) is 0 Å². The van der Waals surface area contributed by atoms with Gasteiger partial charge in [-0.25, -0.2) is 4.79 Å². The molecule has 1 aromatic carbocycles. The number of rotatable bonds is 5. The zero-order chi connectivity index (χ0) is 15.3. The third-order valence-electron chi connectivity index (χ3n) is 3.96. The molecule has 21 heavy (non-hydrogen) atoms. The van der Waals surface area contributed by atoms with Gasteiger partial charge in [0, 0.05) is 17.7 Å². The minimum Gasteiger partial charge on any atom is -0.467 e. The Hall–Kier alpha value is -1.88. The molecular weight excluding hydrogens is 268 g/mol. The summed E-state index contributed by atoms with van der Waals surface area (Å²) in [5.74, 6) is -0.213. The summed E-state index contributed by atoms with van der Waals surface area (Å²) in [6.07, 6.45) is 1.70. The number of anilines is 1. The van der Waals surface area contributed by atoms with Gasteiger partial charge in [-0.15, -0.1) is 0 Å². The Morgan fingerprint density at radius 1 is 1.29 bits per heavy atom. The van der Waals surface area contributed by atoms with E-state index in [2.05, 4.69) is 10.6 Å². The second-order valence-electron chi connectivity index (χ2n) is 5.27. The predicted molar refractivity (Wildman–Crippen MR) is 81.5 cm³/mol. The quantitative estimate of drug-likeness (QED) is 0.641. The van der Waals surface area contributed by atoms with Gasteiger partial charge >= 0.3 is 5.97 Å². The van der Waals surface area contributed by atoms with Crippen molar-refractivity contribution < 1.29 is 14.3 Å². The van der Waals surface area contributed by atoms with Gasteiger partial charge in [-0.1, -0.05) is 19.1 Å². The molecule has 2 N–H and O–H groups in total. The number of benzene rings is 1. The Morgan fingerprint density at radius 3 is 2.57 bits per heavy atom. The maximum Gasteiger partial charge on any atom is 0.331 e. The molecular formula is C16H22N2O3. The van der Waals surface area contributed by atoms with Gasteiger partial charge < -0.3 is 15.4 Å². The van der Waals surface area contributed by atoms with Crippen LogP contribution in [-0.2, 0) is 9.53 Å². The molecule has 2 rings (SSSR count). The number of carbonyl (C=O) groups is 2. The highest BCUT2D eigenvalue weighted by molar-refractivity contribution is 6.01. The molecule has 1 aliphatic heterocycles. The Labute approximate surface area is 125 Å². The highest BCUT2D eigenvalue weighted by Gasteiger charge is 2.41. The Morgan fingerprint density at radius 2 is 1.95 bits per heavy atom. The van der Waals surface area contributed by atoms with E-state index in [9.17, 15) is 9.59 Å². The molecule has 0 aromatic heterocycles. The first-order chi connectivity index (χ1) is 10.1. The lowest BCUT2D eigenvalue weighted by molar-refractivity contribution is -0.147. The number of Topliss-reactive ketones (excluding diaryl/α,β-unsaturated/α-hetero) is 1. The van der Waals surface area contributed by atoms with E-state index < -0.39 is 5.54 Å². The first-order valence-corrected chi connectivity index (χ1v) is 7.32. The van der Waals surface area contributed by atoms with Gasteiger partial charge in [0.05, 0.1) is 7.11 Å². The van der Waals surface area contributed by atoms with Gasteiger partial charge in [0.1, 0.15) is 5.54 Å². The van der Waals surface area contributed by atoms with Gasteiger partial charge in [-0.2, -0.15) is 0 Å². The van der Waals surface area contributed by atoms with Crippen LogP contribution < -0.4 is 10.6 Å². The van der Waals surface area contributed by atoms with Crippen molar-refractivity contribution in [1.29, 1.82) is 0 Å². The minimum atomic E-state index is -0.760. The van der Waals surface area contributed by atoms with E-state index in [0.29, 0.717) is 30.5 Å². The number of hydrogen-bond donors (Lipinski definition) is 2. The number of methoxy groups -OCH3 is 1. The number of esters is 1. The Bertz CT molecular complexity index is 522. The molecule has 0 atom stereocenters. The first kappa shape index (κ1) is 15.5. The molecule has 5 heteroatoms. The summed E-state index contributed by atoms with van der Waals surface area (Å²) in [6, 6.07) is 7.33. The molecule has 0 spiro atoms. The summed E-state index contributed by atoms with van der Waals surface area (Å²) < 4.78 is 4.98. The van der Waals surface area contributed by atoms with Crippen LogP contribution in [0.4, 0.5) is 5.69 Å². The van der Waals surface area contributed by atoms with Crippen LogP contribution in [0.5, 0.6) is 0 Å². The predicted octanol–water partition coefficient (Wildman–Crippen LogP) is 1.99. The minimum absolute atomic E-state index is 0.0621. The first-order valence-electron chi connectivity index (χ1n) is 7.32. The lowest BCUT2D eigenvalue weighted by Gasteiger charge is -2.36. The zero-order valence-corrected chi connectivity index (χ0v) is 12.6. The molecule has 0 unspecified atom stereocenters. The summed E-state index contributed by atoms with van der Waals surface area (Å²) in [4.78, 5) is 24.3. The van der Waals surface area contributed by atoms with Crippen LogP contribution in [0, 0.1) is 0 Å². The lowest BCUT2D eigenvalue weighted by atomic mass is 9.87. The summed E-state index contributed by atoms with van der Waals surface area (Å²) in [7, 11) is 1.40. The molecule has 1 aliphatic rings. The summed E-state index contributed by atoms with van der Waals surface area (Å²) in [6.45, 7) is 3.32. The monoisotopic (exact) mass is 290 g/mol. The second kappa shape index (κ2) is 6.72. The van der Waals surface area contributed by atoms with E-state index in [1.807, 2.05) is 25.1 Å². The van der Waals surface area contributed by atoms with Gasteiger partial charge in [0.25, 0.3) is 0 Å². The van der Waals surface area contributed by atoms with Crippen LogP contribution in [0.1, 0.15) is 36.5 Å². The smallest absolute Gasteiger partial charge is 0.331 e. The molecule has 114 valence electrons. The SMILES string of the molecule is CCC(=O)c1ccccc1NC1(C(=O)OC)CCNCC1. The number of piperidine rings is 1. The topological polar surface area (TPSA) is 67.4 Å². The summed E-state index contributed by atoms with van der Waals surface area (Å²) in [5, 5.41) is 6.53. The number of nitrogens with one attached hydrogen (secondary N) is 2. The Balaban J connectivity index is 2.33. The number of hydrogen-bond acceptors (Lipinski definition) is 5. The highest BCUT2D eigenvalue weighted by Crippen LogP contribution is 2.28. The van der Waals surface area contributed by atoms with Crippen molar-refractivity contribution in [2.45, 2.75) is 31.7 Å². The zero-order valence-electron chi connectivity index (χ0n) is 12.6. The number of carbonyl (C=O) groups excluding carboxylic acids is 2. The number of para-hydroxylation sites is 1. The molecule has 1 fully saturated rings. The average Bonchev–Trinajstić information content (AvgIpc) is 2.54. The standard InChI is InChI=1S/C16H22N2O3/c1-3-14(19)12-6-4-5-7-13(12)18-16(15(20)21-2)8-10-17-11-9-16/h4-7,17-18H,3,8-11H2,1-2H3. The number of ketones is 1. The van der Waals surface area contributed by atoms with Crippen LogP contribution in [0.15, 0.2) is 24.3 Å². The average molecular weight is 290 g/mol. The molecule has 1 saturated heterocycles. The second-order valence-corrected chi connectivity index (χ2v) is 5.27. The fourth-order valence-electron chi connectivity index (χ4n) is 2.71. The highest BCUT2D eigenvalue weighted by atomic mass is 16.5. The Kier molecular flexibility index (Phi) is 4.96. The van der Waals surface area contributed by atoms with Crippen molar-refractivity contribution in [1.82, 2.24) is 5.32 Å². The van der Waals surface area contributed by atoms with Crippen molar-refractivity contribution in [2.75, 3.05) is 25.5 Å². The van der Waals surface area contributed by atoms with Crippen LogP contribution in [0.2, 0.25) is 0 Å². The molecule has 0 bridgehead atoms. The maximum atomic E-state index is 12.2. The molecule has 0 aliphatic carbocycles. The van der Waals surface area contributed by atoms with Gasteiger partial charge in [-0.05, 0) is 38.1 Å². The van der Waals surface area contributed by atoms with Crippen molar-refractivity contribution >= 4 is 17.4 Å². The van der Waals surface area contributed by atoms with E-state index in [1.165, 1.54) is 7.11 Å². The molecule has 0 radical (unpaired) electrons. The number of ether oxygens (including phenoxy) is 1. The molecule has 1 heterocycles. The van der Waals surface area contributed by atoms with E-state index in [4.69, 9.17) is 4.74 Å². The van der Waals surface area contributed by atoms with Crippen molar-refractivity contribution in [3.05, 3.63) is 29.8 Å². The summed E-state index contributed by atoms with van der Waals surface area (Å²) >= 11 is 0. The largest absolute Gasteiger partial charge is 0.467 e. The maximum absolute atomic E-state index is 12.2. The normalized spacial score (nSPS) is 17.0. The van der Waals surface area contributed by atoms with E-state index in [1.54, 1.807) is 6.07 Å². The third-order valence-corrected chi connectivity index (χ3v) is 3.96.